The Labute approximate surface area is 97.5 Å². The van der Waals surface area contributed by atoms with Gasteiger partial charge in [0.1, 0.15) is 0 Å². The second-order valence-corrected chi connectivity index (χ2v) is 4.23. The van der Waals surface area contributed by atoms with E-state index < -0.39 is 0 Å². The maximum absolute atomic E-state index is 10.6. The Morgan fingerprint density at radius 1 is 1.50 bits per heavy atom. The third kappa shape index (κ3) is 2.59. The number of rotatable bonds is 1. The molecule has 4 heteroatoms. The van der Waals surface area contributed by atoms with Crippen LogP contribution in [0.15, 0.2) is 24.3 Å². The minimum Gasteiger partial charge on any atom is -0.345 e. The van der Waals surface area contributed by atoms with Crippen molar-refractivity contribution < 1.29 is 4.79 Å². The minimum atomic E-state index is -0.0707. The zero-order chi connectivity index (χ0) is 11.4. The maximum atomic E-state index is 10.6. The van der Waals surface area contributed by atoms with Crippen LogP contribution in [-0.4, -0.2) is 17.4 Å². The summed E-state index contributed by atoms with van der Waals surface area (Å²) in [6, 6.07) is 7.92. The third-order valence-corrected chi connectivity index (χ3v) is 2.87. The van der Waals surface area contributed by atoms with E-state index in [0.29, 0.717) is 6.54 Å². The zero-order valence-electron chi connectivity index (χ0n) is 8.78. The van der Waals surface area contributed by atoms with E-state index in [0.717, 1.165) is 15.2 Å². The van der Waals surface area contributed by atoms with Crippen molar-refractivity contribution in [1.82, 2.24) is 10.3 Å². The lowest BCUT2D eigenvalue weighted by Gasteiger charge is -1.89. The number of amides is 1. The van der Waals surface area contributed by atoms with Crippen molar-refractivity contribution in [3.05, 3.63) is 29.3 Å². The summed E-state index contributed by atoms with van der Waals surface area (Å²) >= 11 is 1.56. The predicted octanol–water partition coefficient (Wildman–Crippen LogP) is 1.78. The molecular formula is C12H10N2OS. The van der Waals surface area contributed by atoms with Gasteiger partial charge in [0.15, 0.2) is 5.01 Å². The van der Waals surface area contributed by atoms with Gasteiger partial charge in [-0.3, -0.25) is 4.79 Å². The van der Waals surface area contributed by atoms with Gasteiger partial charge in [0.25, 0.3) is 0 Å². The maximum Gasteiger partial charge on any atom is 0.217 e. The summed E-state index contributed by atoms with van der Waals surface area (Å²) in [7, 11) is 0. The van der Waals surface area contributed by atoms with Crippen LogP contribution >= 0.6 is 11.3 Å². The number of para-hydroxylation sites is 1. The zero-order valence-corrected chi connectivity index (χ0v) is 9.60. The summed E-state index contributed by atoms with van der Waals surface area (Å²) in [5, 5.41) is 3.40. The third-order valence-electron chi connectivity index (χ3n) is 1.91. The van der Waals surface area contributed by atoms with Crippen LogP contribution in [0, 0.1) is 11.8 Å². The molecule has 1 amide bonds. The van der Waals surface area contributed by atoms with Crippen LogP contribution in [0.5, 0.6) is 0 Å². The molecule has 1 aromatic carbocycles. The van der Waals surface area contributed by atoms with Gasteiger partial charge in [0.2, 0.25) is 5.91 Å². The van der Waals surface area contributed by atoms with Gasteiger partial charge < -0.3 is 5.32 Å². The standard InChI is InChI=1S/C12H10N2OS/c1-9(15)13-8-4-7-12-14-10-5-2-3-6-11(10)16-12/h2-3,5-6H,8H2,1H3,(H,13,15). The number of aromatic nitrogens is 1. The van der Waals surface area contributed by atoms with Crippen molar-refractivity contribution in [2.75, 3.05) is 6.54 Å². The smallest absolute Gasteiger partial charge is 0.217 e. The molecule has 0 atom stereocenters. The molecule has 16 heavy (non-hydrogen) atoms. The number of fused-ring (bicyclic) bond motifs is 1. The minimum absolute atomic E-state index is 0.0707. The Kier molecular flexibility index (Phi) is 3.18. The van der Waals surface area contributed by atoms with E-state index in [4.69, 9.17) is 0 Å². The highest BCUT2D eigenvalue weighted by Crippen LogP contribution is 2.20. The number of carbonyl (C=O) groups excluding carboxylic acids is 1. The molecule has 0 aliphatic rings. The van der Waals surface area contributed by atoms with E-state index in [-0.39, 0.29) is 5.91 Å². The van der Waals surface area contributed by atoms with Crippen molar-refractivity contribution in [2.45, 2.75) is 6.92 Å². The van der Waals surface area contributed by atoms with E-state index in [1.54, 1.807) is 11.3 Å². The van der Waals surface area contributed by atoms with Crippen molar-refractivity contribution in [3.8, 4) is 11.8 Å². The van der Waals surface area contributed by atoms with Crippen LogP contribution in [0.4, 0.5) is 0 Å². The van der Waals surface area contributed by atoms with Gasteiger partial charge in [-0.2, -0.15) is 0 Å². The number of benzene rings is 1. The highest BCUT2D eigenvalue weighted by Gasteiger charge is 1.98. The Morgan fingerprint density at radius 3 is 3.06 bits per heavy atom. The van der Waals surface area contributed by atoms with Gasteiger partial charge in [0, 0.05) is 6.92 Å². The van der Waals surface area contributed by atoms with Crippen molar-refractivity contribution in [1.29, 1.82) is 0 Å². The molecule has 0 aliphatic heterocycles. The topological polar surface area (TPSA) is 42.0 Å². The Bertz CT molecular complexity index is 544. The number of hydrogen-bond acceptors (Lipinski definition) is 3. The van der Waals surface area contributed by atoms with E-state index in [9.17, 15) is 4.79 Å². The summed E-state index contributed by atoms with van der Waals surface area (Å²) in [5.74, 6) is 5.72. The lowest BCUT2D eigenvalue weighted by atomic mass is 10.3. The number of thiazole rings is 1. The van der Waals surface area contributed by atoms with Crippen LogP contribution < -0.4 is 5.32 Å². The summed E-state index contributed by atoms with van der Waals surface area (Å²) in [6.07, 6.45) is 0. The quantitative estimate of drug-likeness (QED) is 0.759. The first-order valence-corrected chi connectivity index (χ1v) is 5.66. The second kappa shape index (κ2) is 4.77. The van der Waals surface area contributed by atoms with Crippen molar-refractivity contribution in [3.63, 3.8) is 0 Å². The monoisotopic (exact) mass is 230 g/mol. The van der Waals surface area contributed by atoms with Gasteiger partial charge in [-0.15, -0.1) is 11.3 Å². The van der Waals surface area contributed by atoms with E-state index in [2.05, 4.69) is 22.1 Å². The van der Waals surface area contributed by atoms with Crippen LogP contribution in [0.3, 0.4) is 0 Å². The fraction of sp³-hybridized carbons (Fsp3) is 0.167. The fourth-order valence-electron chi connectivity index (χ4n) is 1.21. The summed E-state index contributed by atoms with van der Waals surface area (Å²) in [5.41, 5.74) is 0.969. The highest BCUT2D eigenvalue weighted by molar-refractivity contribution is 7.19. The average molecular weight is 230 g/mol. The number of nitrogens with one attached hydrogen (secondary N) is 1. The molecule has 0 bridgehead atoms. The van der Waals surface area contributed by atoms with Crippen LogP contribution in [-0.2, 0) is 4.79 Å². The van der Waals surface area contributed by atoms with Gasteiger partial charge in [-0.1, -0.05) is 18.1 Å². The van der Waals surface area contributed by atoms with Crippen LogP contribution in [0.2, 0.25) is 0 Å². The van der Waals surface area contributed by atoms with Crippen LogP contribution in [0.1, 0.15) is 11.9 Å². The molecule has 0 spiro atoms. The molecule has 0 fully saturated rings. The number of nitrogens with zero attached hydrogens (tertiary/aromatic N) is 1. The highest BCUT2D eigenvalue weighted by atomic mass is 32.1. The normalized spacial score (nSPS) is 9.56. The molecule has 0 aliphatic carbocycles. The largest absolute Gasteiger partial charge is 0.345 e. The molecule has 2 aromatic rings. The Hall–Kier alpha value is -1.86. The summed E-state index contributed by atoms with van der Waals surface area (Å²) in [6.45, 7) is 1.84. The number of carbonyl (C=O) groups is 1. The van der Waals surface area contributed by atoms with E-state index in [1.165, 1.54) is 6.92 Å². The van der Waals surface area contributed by atoms with E-state index in [1.807, 2.05) is 24.3 Å². The number of hydrogen-bond donors (Lipinski definition) is 1. The van der Waals surface area contributed by atoms with Gasteiger partial charge in [-0.25, -0.2) is 4.98 Å². The van der Waals surface area contributed by atoms with E-state index >= 15 is 0 Å². The Balaban J connectivity index is 2.12. The molecule has 0 saturated carbocycles. The SMILES string of the molecule is CC(=O)NCC#Cc1nc2ccccc2s1. The molecule has 1 N–H and O–H groups in total. The first-order chi connectivity index (χ1) is 7.75. The van der Waals surface area contributed by atoms with Crippen molar-refractivity contribution >= 4 is 27.5 Å². The first-order valence-electron chi connectivity index (χ1n) is 4.84. The van der Waals surface area contributed by atoms with Crippen molar-refractivity contribution in [2.24, 2.45) is 0 Å². The van der Waals surface area contributed by atoms with Gasteiger partial charge in [0.05, 0.1) is 16.8 Å². The van der Waals surface area contributed by atoms with Gasteiger partial charge >= 0.3 is 0 Å². The molecule has 0 radical (unpaired) electrons. The van der Waals surface area contributed by atoms with Crippen LogP contribution in [0.25, 0.3) is 10.2 Å². The summed E-state index contributed by atoms with van der Waals surface area (Å²) in [4.78, 5) is 15.0. The molecule has 3 nitrogen and oxygen atoms in total. The molecule has 0 unspecified atom stereocenters. The average Bonchev–Trinajstić information content (AvgIpc) is 2.66. The molecule has 1 aromatic heterocycles. The molecule has 0 saturated heterocycles. The Morgan fingerprint density at radius 2 is 2.31 bits per heavy atom. The lowest BCUT2D eigenvalue weighted by molar-refractivity contribution is -0.118. The lowest BCUT2D eigenvalue weighted by Crippen LogP contribution is -2.19. The molecular weight excluding hydrogens is 220 g/mol. The molecule has 1 heterocycles. The molecule has 2 rings (SSSR count). The predicted molar refractivity (Wildman–Crippen MR) is 65.2 cm³/mol. The fourth-order valence-corrected chi connectivity index (χ4v) is 2.05. The van der Waals surface area contributed by atoms with Gasteiger partial charge in [-0.05, 0) is 18.1 Å². The molecule has 80 valence electrons. The first kappa shape index (κ1) is 10.7. The summed E-state index contributed by atoms with van der Waals surface area (Å²) < 4.78 is 1.13. The second-order valence-electron chi connectivity index (χ2n) is 3.20.